The van der Waals surface area contributed by atoms with Crippen LogP contribution in [0.3, 0.4) is 0 Å². The third kappa shape index (κ3) is 4.07. The van der Waals surface area contributed by atoms with Crippen LogP contribution in [0, 0.1) is 16.4 Å². The second kappa shape index (κ2) is 7.45. The van der Waals surface area contributed by atoms with E-state index in [1.54, 1.807) is 0 Å². The molecule has 0 aromatic heterocycles. The van der Waals surface area contributed by atoms with Crippen molar-refractivity contribution < 1.29 is 4.79 Å². The Morgan fingerprint density at radius 2 is 2.21 bits per heavy atom. The van der Waals surface area contributed by atoms with E-state index in [1.165, 1.54) is 0 Å². The maximum Gasteiger partial charge on any atom is 0.251 e. The van der Waals surface area contributed by atoms with Crippen LogP contribution in [0.4, 0.5) is 0 Å². The molecule has 0 radical (unpaired) electrons. The van der Waals surface area contributed by atoms with Crippen LogP contribution in [0.25, 0.3) is 0 Å². The topological polar surface area (TPSA) is 41.1 Å². The molecule has 0 spiro atoms. The molecule has 1 fully saturated rings. The second-order valence-corrected chi connectivity index (χ2v) is 6.12. The van der Waals surface area contributed by atoms with Crippen LogP contribution in [0.15, 0.2) is 18.2 Å². The van der Waals surface area contributed by atoms with Crippen LogP contribution < -0.4 is 10.6 Å². The molecule has 2 N–H and O–H groups in total. The fourth-order valence-electron chi connectivity index (χ4n) is 2.28. The molecule has 1 aliphatic heterocycles. The highest BCUT2D eigenvalue weighted by Gasteiger charge is 2.23. The van der Waals surface area contributed by atoms with Crippen molar-refractivity contribution >= 4 is 40.9 Å². The van der Waals surface area contributed by atoms with Crippen LogP contribution in [0.1, 0.15) is 29.3 Å². The Hall–Kier alpha value is -0.330. The van der Waals surface area contributed by atoms with E-state index in [0.717, 1.165) is 34.2 Å². The van der Waals surface area contributed by atoms with E-state index in [9.17, 15) is 4.79 Å². The van der Waals surface area contributed by atoms with Gasteiger partial charge in [-0.3, -0.25) is 4.79 Å². The van der Waals surface area contributed by atoms with Gasteiger partial charge in [0.25, 0.3) is 5.91 Å². The molecule has 1 aromatic rings. The van der Waals surface area contributed by atoms with E-state index < -0.39 is 0 Å². The molecule has 5 heteroatoms. The Morgan fingerprint density at radius 1 is 1.47 bits per heavy atom. The Balaban J connectivity index is 0.00000180. The molecule has 2 unspecified atom stereocenters. The summed E-state index contributed by atoms with van der Waals surface area (Å²) in [6.45, 7) is 6.12. The van der Waals surface area contributed by atoms with E-state index >= 15 is 0 Å². The lowest BCUT2D eigenvalue weighted by Crippen LogP contribution is -2.50. The van der Waals surface area contributed by atoms with Gasteiger partial charge in [-0.25, -0.2) is 0 Å². The maximum absolute atomic E-state index is 12.3. The van der Waals surface area contributed by atoms with Gasteiger partial charge in [0.1, 0.15) is 0 Å². The summed E-state index contributed by atoms with van der Waals surface area (Å²) in [5, 5.41) is 6.48. The molecule has 3 nitrogen and oxygen atoms in total. The first kappa shape index (κ1) is 16.7. The minimum atomic E-state index is 0. The van der Waals surface area contributed by atoms with E-state index in [4.69, 9.17) is 0 Å². The SMILES string of the molecule is Cc1c(I)cccc1C(=O)NC1CNCCC1C.Cl. The van der Waals surface area contributed by atoms with Gasteiger partial charge < -0.3 is 10.6 Å². The van der Waals surface area contributed by atoms with Crippen molar-refractivity contribution in [1.82, 2.24) is 10.6 Å². The number of hydrogen-bond acceptors (Lipinski definition) is 2. The number of hydrogen-bond donors (Lipinski definition) is 2. The molecule has 1 aliphatic rings. The Morgan fingerprint density at radius 3 is 2.89 bits per heavy atom. The van der Waals surface area contributed by atoms with Crippen molar-refractivity contribution in [2.75, 3.05) is 13.1 Å². The quantitative estimate of drug-likeness (QED) is 0.757. The minimum Gasteiger partial charge on any atom is -0.348 e. The van der Waals surface area contributed by atoms with Crippen LogP contribution in [0.5, 0.6) is 0 Å². The molecule has 0 bridgehead atoms. The fraction of sp³-hybridized carbons (Fsp3) is 0.500. The standard InChI is InChI=1S/C14H19IN2O.ClH/c1-9-6-7-16-8-13(9)17-14(18)11-4-3-5-12(15)10(11)2;/h3-5,9,13,16H,6-8H2,1-2H3,(H,17,18);1H. The van der Waals surface area contributed by atoms with Gasteiger partial charge in [0.05, 0.1) is 0 Å². The summed E-state index contributed by atoms with van der Waals surface area (Å²) in [5.41, 5.74) is 1.85. The van der Waals surface area contributed by atoms with Gasteiger partial charge in [-0.15, -0.1) is 12.4 Å². The zero-order valence-corrected chi connectivity index (χ0v) is 14.2. The summed E-state index contributed by atoms with van der Waals surface area (Å²) in [6.07, 6.45) is 1.12. The van der Waals surface area contributed by atoms with Gasteiger partial charge in [-0.2, -0.15) is 0 Å². The summed E-state index contributed by atoms with van der Waals surface area (Å²) in [5.74, 6) is 0.588. The average molecular weight is 395 g/mol. The van der Waals surface area contributed by atoms with Gasteiger partial charge in [0, 0.05) is 21.7 Å². The fourth-order valence-corrected chi connectivity index (χ4v) is 2.78. The summed E-state index contributed by atoms with van der Waals surface area (Å²) < 4.78 is 1.13. The molecule has 19 heavy (non-hydrogen) atoms. The van der Waals surface area contributed by atoms with Crippen LogP contribution >= 0.6 is 35.0 Å². The smallest absolute Gasteiger partial charge is 0.251 e. The van der Waals surface area contributed by atoms with Crippen molar-refractivity contribution in [3.63, 3.8) is 0 Å². The number of piperidine rings is 1. The van der Waals surface area contributed by atoms with Crippen molar-refractivity contribution in [2.45, 2.75) is 26.3 Å². The van der Waals surface area contributed by atoms with E-state index in [1.807, 2.05) is 25.1 Å². The number of rotatable bonds is 2. The molecule has 1 aromatic carbocycles. The Kier molecular flexibility index (Phi) is 6.56. The molecular weight excluding hydrogens is 375 g/mol. The zero-order chi connectivity index (χ0) is 13.1. The van der Waals surface area contributed by atoms with E-state index in [-0.39, 0.29) is 24.4 Å². The number of carbonyl (C=O) groups excluding carboxylic acids is 1. The van der Waals surface area contributed by atoms with Gasteiger partial charge >= 0.3 is 0 Å². The van der Waals surface area contributed by atoms with Gasteiger partial charge in [0.15, 0.2) is 0 Å². The van der Waals surface area contributed by atoms with Crippen LogP contribution in [-0.2, 0) is 0 Å². The van der Waals surface area contributed by atoms with Crippen molar-refractivity contribution in [3.8, 4) is 0 Å². The highest BCUT2D eigenvalue weighted by Crippen LogP contribution is 2.17. The average Bonchev–Trinajstić information content (AvgIpc) is 2.35. The summed E-state index contributed by atoms with van der Waals surface area (Å²) >= 11 is 2.27. The predicted octanol–water partition coefficient (Wildman–Crippen LogP) is 2.75. The zero-order valence-electron chi connectivity index (χ0n) is 11.2. The lowest BCUT2D eigenvalue weighted by Gasteiger charge is -2.30. The first-order chi connectivity index (χ1) is 8.59. The number of benzene rings is 1. The summed E-state index contributed by atoms with van der Waals surface area (Å²) in [6, 6.07) is 6.10. The first-order valence-electron chi connectivity index (χ1n) is 6.36. The third-order valence-corrected chi connectivity index (χ3v) is 4.83. The molecule has 0 saturated carbocycles. The van der Waals surface area contributed by atoms with Gasteiger partial charge in [-0.1, -0.05) is 13.0 Å². The normalized spacial score (nSPS) is 22.5. The molecule has 2 rings (SSSR count). The van der Waals surface area contributed by atoms with Gasteiger partial charge in [-0.05, 0) is 66.1 Å². The van der Waals surface area contributed by atoms with E-state index in [0.29, 0.717) is 5.92 Å². The van der Waals surface area contributed by atoms with Crippen molar-refractivity contribution in [1.29, 1.82) is 0 Å². The minimum absolute atomic E-state index is 0. The molecule has 106 valence electrons. The molecule has 1 heterocycles. The van der Waals surface area contributed by atoms with Crippen LogP contribution in [0.2, 0.25) is 0 Å². The largest absolute Gasteiger partial charge is 0.348 e. The monoisotopic (exact) mass is 394 g/mol. The molecule has 0 aliphatic carbocycles. The molecular formula is C14H20ClIN2O. The van der Waals surface area contributed by atoms with Crippen molar-refractivity contribution in [3.05, 3.63) is 32.9 Å². The highest BCUT2D eigenvalue weighted by molar-refractivity contribution is 14.1. The van der Waals surface area contributed by atoms with E-state index in [2.05, 4.69) is 40.1 Å². The number of amides is 1. The molecule has 2 atom stereocenters. The Bertz CT molecular complexity index is 453. The lowest BCUT2D eigenvalue weighted by molar-refractivity contribution is 0.0914. The molecule has 1 saturated heterocycles. The molecule has 1 amide bonds. The number of nitrogens with one attached hydrogen (secondary N) is 2. The predicted molar refractivity (Wildman–Crippen MR) is 89.0 cm³/mol. The third-order valence-electron chi connectivity index (χ3n) is 3.66. The maximum atomic E-state index is 12.3. The summed E-state index contributed by atoms with van der Waals surface area (Å²) in [7, 11) is 0. The van der Waals surface area contributed by atoms with Crippen molar-refractivity contribution in [2.24, 2.45) is 5.92 Å². The number of carbonyl (C=O) groups is 1. The summed E-state index contributed by atoms with van der Waals surface area (Å²) in [4.78, 5) is 12.3. The lowest BCUT2D eigenvalue weighted by atomic mass is 9.94. The number of halogens is 2. The van der Waals surface area contributed by atoms with Gasteiger partial charge in [0.2, 0.25) is 0 Å². The Labute approximate surface area is 134 Å². The van der Waals surface area contributed by atoms with Crippen LogP contribution in [-0.4, -0.2) is 25.0 Å². The highest BCUT2D eigenvalue weighted by atomic mass is 127. The second-order valence-electron chi connectivity index (χ2n) is 4.96. The first-order valence-corrected chi connectivity index (χ1v) is 7.44.